The van der Waals surface area contributed by atoms with Crippen LogP contribution in [0.1, 0.15) is 38.7 Å². The summed E-state index contributed by atoms with van der Waals surface area (Å²) in [7, 11) is 0. The van der Waals surface area contributed by atoms with Gasteiger partial charge in [0.2, 0.25) is 0 Å². The number of piperidine rings is 1. The van der Waals surface area contributed by atoms with Gasteiger partial charge in [-0.2, -0.15) is 0 Å². The van der Waals surface area contributed by atoms with E-state index in [0.717, 1.165) is 13.1 Å². The Labute approximate surface area is 111 Å². The summed E-state index contributed by atoms with van der Waals surface area (Å²) in [5, 5.41) is 3.60. The fraction of sp³-hybridized carbons (Fsp3) is 0.625. The third kappa shape index (κ3) is 3.82. The molecule has 2 rings (SSSR count). The predicted octanol–water partition coefficient (Wildman–Crippen LogP) is 3.04. The Hall–Kier alpha value is -0.860. The van der Waals surface area contributed by atoms with Gasteiger partial charge < -0.3 is 5.32 Å². The lowest BCUT2D eigenvalue weighted by atomic mass is 9.98. The molecule has 1 N–H and O–H groups in total. The molecule has 1 aromatic carbocycles. The molecule has 0 unspecified atom stereocenters. The first-order valence-corrected chi connectivity index (χ1v) is 7.18. The van der Waals surface area contributed by atoms with E-state index in [9.17, 15) is 0 Å². The molecule has 0 saturated carbocycles. The zero-order chi connectivity index (χ0) is 12.8. The molecule has 0 atom stereocenters. The van der Waals surface area contributed by atoms with E-state index in [1.807, 2.05) is 0 Å². The van der Waals surface area contributed by atoms with Crippen LogP contribution in [0.2, 0.25) is 0 Å². The second-order valence-corrected chi connectivity index (χ2v) is 5.95. The lowest BCUT2D eigenvalue weighted by molar-refractivity contribution is 0.0942. The van der Waals surface area contributed by atoms with Gasteiger partial charge in [0, 0.05) is 18.6 Å². The quantitative estimate of drug-likeness (QED) is 0.859. The highest BCUT2D eigenvalue weighted by Gasteiger charge is 2.27. The number of hydrogen-bond donors (Lipinski definition) is 1. The van der Waals surface area contributed by atoms with Gasteiger partial charge in [-0.3, -0.25) is 4.90 Å². The van der Waals surface area contributed by atoms with Crippen LogP contribution in [0.25, 0.3) is 0 Å². The van der Waals surface area contributed by atoms with Crippen molar-refractivity contribution in [3.8, 4) is 0 Å². The third-order valence-electron chi connectivity index (χ3n) is 3.94. The van der Waals surface area contributed by atoms with E-state index >= 15 is 0 Å². The van der Waals surface area contributed by atoms with Crippen molar-refractivity contribution < 1.29 is 0 Å². The molecule has 1 saturated heterocycles. The van der Waals surface area contributed by atoms with Crippen LogP contribution >= 0.6 is 0 Å². The summed E-state index contributed by atoms with van der Waals surface area (Å²) in [6.07, 6.45) is 4.13. The molecule has 0 amide bonds. The highest BCUT2D eigenvalue weighted by atomic mass is 15.2. The van der Waals surface area contributed by atoms with Crippen molar-refractivity contribution in [3.63, 3.8) is 0 Å². The summed E-state index contributed by atoms with van der Waals surface area (Å²) in [5.74, 6) is 0. The third-order valence-corrected chi connectivity index (χ3v) is 3.94. The minimum absolute atomic E-state index is 0.273. The van der Waals surface area contributed by atoms with Gasteiger partial charge in [0.25, 0.3) is 0 Å². The Bertz CT molecular complexity index is 339. The smallest absolute Gasteiger partial charge is 0.0277 e. The maximum Gasteiger partial charge on any atom is 0.0277 e. The number of nitrogens with one attached hydrogen (secondary N) is 1. The minimum atomic E-state index is 0.273. The summed E-state index contributed by atoms with van der Waals surface area (Å²) in [6, 6.07) is 10.6. The molecular weight excluding hydrogens is 220 g/mol. The second kappa shape index (κ2) is 6.35. The number of nitrogens with zero attached hydrogens (tertiary/aromatic N) is 1. The number of rotatable bonds is 5. The molecule has 0 aromatic heterocycles. The van der Waals surface area contributed by atoms with E-state index in [1.54, 1.807) is 0 Å². The average Bonchev–Trinajstić information content (AvgIpc) is 2.41. The van der Waals surface area contributed by atoms with Gasteiger partial charge in [-0.05, 0) is 45.3 Å². The Kier molecular flexibility index (Phi) is 4.79. The summed E-state index contributed by atoms with van der Waals surface area (Å²) in [6.45, 7) is 9.27. The van der Waals surface area contributed by atoms with Crippen LogP contribution < -0.4 is 5.32 Å². The van der Waals surface area contributed by atoms with Gasteiger partial charge in [-0.25, -0.2) is 0 Å². The van der Waals surface area contributed by atoms with Crippen LogP contribution in [-0.4, -0.2) is 30.1 Å². The molecule has 2 nitrogen and oxygen atoms in total. The summed E-state index contributed by atoms with van der Waals surface area (Å²) in [5.41, 5.74) is 1.64. The van der Waals surface area contributed by atoms with Gasteiger partial charge in [0.05, 0.1) is 0 Å². The molecule has 1 fully saturated rings. The normalized spacial score (nSPS) is 17.9. The largest absolute Gasteiger partial charge is 0.311 e. The molecule has 1 aromatic rings. The standard InChI is InChI=1S/C16H26N2/c1-16(2,18-11-7-4-8-12-18)14-17-13-15-9-5-3-6-10-15/h3,5-6,9-10,17H,4,7-8,11-14H2,1-2H3. The Morgan fingerprint density at radius 1 is 1.06 bits per heavy atom. The SMILES string of the molecule is CC(C)(CNCc1ccccc1)N1CCCCC1. The van der Waals surface area contributed by atoms with Gasteiger partial charge in [0.15, 0.2) is 0 Å². The van der Waals surface area contributed by atoms with Gasteiger partial charge in [0.1, 0.15) is 0 Å². The predicted molar refractivity (Wildman–Crippen MR) is 77.7 cm³/mol. The zero-order valence-electron chi connectivity index (χ0n) is 11.8. The molecule has 0 radical (unpaired) electrons. The van der Waals surface area contributed by atoms with E-state index < -0.39 is 0 Å². The molecule has 1 heterocycles. The van der Waals surface area contributed by atoms with Crippen molar-refractivity contribution in [2.75, 3.05) is 19.6 Å². The molecule has 18 heavy (non-hydrogen) atoms. The van der Waals surface area contributed by atoms with Crippen molar-refractivity contribution in [2.24, 2.45) is 0 Å². The molecule has 0 bridgehead atoms. The molecule has 100 valence electrons. The summed E-state index contributed by atoms with van der Waals surface area (Å²) in [4.78, 5) is 2.63. The van der Waals surface area contributed by atoms with E-state index in [2.05, 4.69) is 54.4 Å². The van der Waals surface area contributed by atoms with E-state index in [-0.39, 0.29) is 5.54 Å². The first-order valence-electron chi connectivity index (χ1n) is 7.18. The van der Waals surface area contributed by atoms with E-state index in [1.165, 1.54) is 37.9 Å². The van der Waals surface area contributed by atoms with E-state index in [4.69, 9.17) is 0 Å². The maximum atomic E-state index is 3.60. The van der Waals surface area contributed by atoms with Crippen LogP contribution in [0.4, 0.5) is 0 Å². The zero-order valence-corrected chi connectivity index (χ0v) is 11.8. The lowest BCUT2D eigenvalue weighted by Gasteiger charge is -2.41. The Morgan fingerprint density at radius 3 is 2.39 bits per heavy atom. The Balaban J connectivity index is 1.77. The highest BCUT2D eigenvalue weighted by molar-refractivity contribution is 5.14. The molecule has 2 heteroatoms. The van der Waals surface area contributed by atoms with Crippen LogP contribution in [0.5, 0.6) is 0 Å². The minimum Gasteiger partial charge on any atom is -0.311 e. The number of hydrogen-bond acceptors (Lipinski definition) is 2. The monoisotopic (exact) mass is 246 g/mol. The average molecular weight is 246 g/mol. The van der Waals surface area contributed by atoms with Crippen molar-refractivity contribution in [2.45, 2.75) is 45.2 Å². The molecule has 0 aliphatic carbocycles. The summed E-state index contributed by atoms with van der Waals surface area (Å²) >= 11 is 0. The van der Waals surface area contributed by atoms with Gasteiger partial charge >= 0.3 is 0 Å². The fourth-order valence-corrected chi connectivity index (χ4v) is 2.72. The first kappa shape index (κ1) is 13.6. The van der Waals surface area contributed by atoms with E-state index in [0.29, 0.717) is 0 Å². The van der Waals surface area contributed by atoms with Gasteiger partial charge in [-0.15, -0.1) is 0 Å². The van der Waals surface area contributed by atoms with Crippen LogP contribution in [-0.2, 0) is 6.54 Å². The van der Waals surface area contributed by atoms with Crippen LogP contribution in [0.3, 0.4) is 0 Å². The second-order valence-electron chi connectivity index (χ2n) is 5.95. The number of benzene rings is 1. The van der Waals surface area contributed by atoms with Gasteiger partial charge in [-0.1, -0.05) is 36.8 Å². The fourth-order valence-electron chi connectivity index (χ4n) is 2.72. The maximum absolute atomic E-state index is 3.60. The molecule has 0 spiro atoms. The molecular formula is C16H26N2. The first-order chi connectivity index (χ1) is 8.68. The number of likely N-dealkylation sites (tertiary alicyclic amines) is 1. The van der Waals surface area contributed by atoms with Crippen LogP contribution in [0, 0.1) is 0 Å². The summed E-state index contributed by atoms with van der Waals surface area (Å²) < 4.78 is 0. The van der Waals surface area contributed by atoms with Crippen molar-refractivity contribution in [3.05, 3.63) is 35.9 Å². The molecule has 1 aliphatic rings. The highest BCUT2D eigenvalue weighted by Crippen LogP contribution is 2.19. The lowest BCUT2D eigenvalue weighted by Crippen LogP contribution is -2.52. The van der Waals surface area contributed by atoms with Crippen molar-refractivity contribution in [1.82, 2.24) is 10.2 Å². The topological polar surface area (TPSA) is 15.3 Å². The van der Waals surface area contributed by atoms with Crippen LogP contribution in [0.15, 0.2) is 30.3 Å². The molecule has 1 aliphatic heterocycles. The Morgan fingerprint density at radius 2 is 1.72 bits per heavy atom. The van der Waals surface area contributed by atoms with Crippen molar-refractivity contribution in [1.29, 1.82) is 0 Å². The van der Waals surface area contributed by atoms with Crippen molar-refractivity contribution >= 4 is 0 Å².